The molecule has 98 valence electrons. The summed E-state index contributed by atoms with van der Waals surface area (Å²) < 4.78 is 6.22. The molecule has 1 aliphatic heterocycles. The molecule has 0 unspecified atom stereocenters. The predicted octanol–water partition coefficient (Wildman–Crippen LogP) is -0.492. The highest BCUT2D eigenvalue weighted by Gasteiger charge is 2.27. The molecule has 1 amide bonds. The van der Waals surface area contributed by atoms with Crippen LogP contribution in [0.15, 0.2) is 15.8 Å². The molecular formula is C10H12N2O5S. The Kier molecular flexibility index (Phi) is 3.90. The number of aromatic nitrogens is 1. The van der Waals surface area contributed by atoms with Crippen molar-refractivity contribution in [3.8, 4) is 0 Å². The van der Waals surface area contributed by atoms with E-state index in [1.54, 1.807) is 0 Å². The standard InChI is InChI=1S/C10H12N2O5S/c13-4-6-1-2-8(17-6)12-3-7(11-5-14)9(15)18-10(12)16/h3,5-6,8,13H,1-2,4H2,(H,11,14)/t6-,8+/m0/s1. The molecule has 0 bridgehead atoms. The second-order valence-electron chi connectivity index (χ2n) is 3.84. The number of aliphatic hydroxyl groups is 1. The van der Waals surface area contributed by atoms with Crippen LogP contribution < -0.4 is 14.9 Å². The Labute approximate surface area is 106 Å². The molecule has 2 atom stereocenters. The number of ether oxygens (including phenoxy) is 1. The van der Waals surface area contributed by atoms with E-state index in [1.165, 1.54) is 10.8 Å². The van der Waals surface area contributed by atoms with Crippen molar-refractivity contribution < 1.29 is 14.6 Å². The van der Waals surface area contributed by atoms with Crippen molar-refractivity contribution in [3.05, 3.63) is 25.4 Å². The van der Waals surface area contributed by atoms with Crippen molar-refractivity contribution in [2.75, 3.05) is 11.9 Å². The summed E-state index contributed by atoms with van der Waals surface area (Å²) in [6.07, 6.45) is 2.09. The van der Waals surface area contributed by atoms with Crippen molar-refractivity contribution in [1.29, 1.82) is 0 Å². The molecule has 1 saturated heterocycles. The molecule has 2 N–H and O–H groups in total. The number of nitrogens with zero attached hydrogens (tertiary/aromatic N) is 1. The van der Waals surface area contributed by atoms with Gasteiger partial charge in [-0.2, -0.15) is 0 Å². The molecule has 1 fully saturated rings. The summed E-state index contributed by atoms with van der Waals surface area (Å²) in [4.78, 5) is 33.0. The van der Waals surface area contributed by atoms with Gasteiger partial charge in [0.2, 0.25) is 6.41 Å². The van der Waals surface area contributed by atoms with E-state index in [0.717, 1.165) is 0 Å². The topological polar surface area (TPSA) is 97.6 Å². The zero-order chi connectivity index (χ0) is 13.1. The van der Waals surface area contributed by atoms with E-state index in [0.29, 0.717) is 30.6 Å². The van der Waals surface area contributed by atoms with Crippen LogP contribution in [0, 0.1) is 0 Å². The average Bonchev–Trinajstić information content (AvgIpc) is 2.81. The molecule has 1 aliphatic rings. The molecule has 1 aromatic heterocycles. The zero-order valence-corrected chi connectivity index (χ0v) is 10.2. The van der Waals surface area contributed by atoms with Crippen molar-refractivity contribution in [2.45, 2.75) is 25.2 Å². The highest BCUT2D eigenvalue weighted by Crippen LogP contribution is 2.27. The number of carbonyl (C=O) groups excluding carboxylic acids is 1. The third-order valence-corrected chi connectivity index (χ3v) is 3.48. The zero-order valence-electron chi connectivity index (χ0n) is 9.37. The van der Waals surface area contributed by atoms with Crippen molar-refractivity contribution in [3.63, 3.8) is 0 Å². The van der Waals surface area contributed by atoms with Gasteiger partial charge < -0.3 is 15.2 Å². The molecule has 0 aliphatic carbocycles. The highest BCUT2D eigenvalue weighted by atomic mass is 32.1. The maximum Gasteiger partial charge on any atom is 0.312 e. The first-order valence-corrected chi connectivity index (χ1v) is 6.20. The molecule has 0 radical (unpaired) electrons. The lowest BCUT2D eigenvalue weighted by Gasteiger charge is -2.15. The van der Waals surface area contributed by atoms with Crippen LogP contribution in [-0.4, -0.2) is 28.8 Å². The number of anilines is 1. The number of nitrogens with one attached hydrogen (secondary N) is 1. The van der Waals surface area contributed by atoms with Gasteiger partial charge in [0, 0.05) is 6.20 Å². The van der Waals surface area contributed by atoms with E-state index in [1.807, 2.05) is 0 Å². The molecular weight excluding hydrogens is 260 g/mol. The number of hydrogen-bond acceptors (Lipinski definition) is 6. The fourth-order valence-corrected chi connectivity index (χ4v) is 2.47. The van der Waals surface area contributed by atoms with Gasteiger partial charge in [0.25, 0.3) is 4.74 Å². The first-order chi connectivity index (χ1) is 8.65. The van der Waals surface area contributed by atoms with Gasteiger partial charge in [-0.15, -0.1) is 0 Å². The third kappa shape index (κ3) is 2.50. The van der Waals surface area contributed by atoms with Crippen LogP contribution in [-0.2, 0) is 9.53 Å². The molecule has 0 aromatic carbocycles. The van der Waals surface area contributed by atoms with E-state index < -0.39 is 15.8 Å². The Hall–Kier alpha value is -1.51. The van der Waals surface area contributed by atoms with Gasteiger partial charge in [-0.05, 0) is 24.2 Å². The Bertz CT molecular complexity index is 552. The average molecular weight is 272 g/mol. The van der Waals surface area contributed by atoms with Gasteiger partial charge in [0.1, 0.15) is 11.9 Å². The normalized spacial score (nSPS) is 22.9. The third-order valence-electron chi connectivity index (χ3n) is 2.69. The Morgan fingerprint density at radius 3 is 2.94 bits per heavy atom. The minimum absolute atomic E-state index is 0.0469. The second kappa shape index (κ2) is 5.42. The maximum absolute atomic E-state index is 11.7. The monoisotopic (exact) mass is 272 g/mol. The lowest BCUT2D eigenvalue weighted by atomic mass is 10.2. The minimum atomic E-state index is -0.501. The number of carbonyl (C=O) groups is 1. The summed E-state index contributed by atoms with van der Waals surface area (Å²) in [6, 6.07) is 0. The van der Waals surface area contributed by atoms with Crippen LogP contribution in [0.1, 0.15) is 19.1 Å². The Morgan fingerprint density at radius 1 is 1.56 bits per heavy atom. The van der Waals surface area contributed by atoms with Crippen LogP contribution in [0.4, 0.5) is 5.69 Å². The summed E-state index contributed by atoms with van der Waals surface area (Å²) in [5.41, 5.74) is 0.0469. The number of aliphatic hydroxyl groups excluding tert-OH is 1. The fraction of sp³-hybridized carbons (Fsp3) is 0.500. The van der Waals surface area contributed by atoms with E-state index in [-0.39, 0.29) is 18.4 Å². The minimum Gasteiger partial charge on any atom is -0.394 e. The summed E-state index contributed by atoms with van der Waals surface area (Å²) in [5, 5.41) is 11.2. The molecule has 7 nitrogen and oxygen atoms in total. The summed E-state index contributed by atoms with van der Waals surface area (Å²) in [6.45, 7) is -0.103. The van der Waals surface area contributed by atoms with Crippen LogP contribution in [0.2, 0.25) is 0 Å². The van der Waals surface area contributed by atoms with Crippen LogP contribution in [0.25, 0.3) is 0 Å². The van der Waals surface area contributed by atoms with Gasteiger partial charge >= 0.3 is 4.87 Å². The first kappa shape index (κ1) is 12.9. The Morgan fingerprint density at radius 2 is 2.33 bits per heavy atom. The largest absolute Gasteiger partial charge is 0.394 e. The maximum atomic E-state index is 11.7. The SMILES string of the molecule is O=CNc1cn([C@H]2CC[C@@H](CO)O2)c(=O)sc1=O. The fourth-order valence-electron chi connectivity index (χ4n) is 1.82. The first-order valence-electron chi connectivity index (χ1n) is 5.38. The van der Waals surface area contributed by atoms with E-state index in [4.69, 9.17) is 9.84 Å². The van der Waals surface area contributed by atoms with Crippen LogP contribution in [0.3, 0.4) is 0 Å². The van der Waals surface area contributed by atoms with E-state index in [9.17, 15) is 14.4 Å². The van der Waals surface area contributed by atoms with Crippen LogP contribution >= 0.6 is 11.3 Å². The Balaban J connectivity index is 2.33. The van der Waals surface area contributed by atoms with Crippen molar-refractivity contribution in [2.24, 2.45) is 0 Å². The summed E-state index contributed by atoms with van der Waals surface area (Å²) in [5.74, 6) is 0. The summed E-state index contributed by atoms with van der Waals surface area (Å²) in [7, 11) is 0. The van der Waals surface area contributed by atoms with Crippen LogP contribution in [0.5, 0.6) is 0 Å². The molecule has 2 rings (SSSR count). The predicted molar refractivity (Wildman–Crippen MR) is 64.8 cm³/mol. The summed E-state index contributed by atoms with van der Waals surface area (Å²) >= 11 is 0.509. The molecule has 2 heterocycles. The van der Waals surface area contributed by atoms with Crippen molar-refractivity contribution >= 4 is 23.4 Å². The molecule has 8 heteroatoms. The van der Waals surface area contributed by atoms with Gasteiger partial charge in [-0.25, -0.2) is 0 Å². The van der Waals surface area contributed by atoms with E-state index in [2.05, 4.69) is 5.32 Å². The second-order valence-corrected chi connectivity index (χ2v) is 4.76. The molecule has 0 spiro atoms. The molecule has 0 saturated carbocycles. The highest BCUT2D eigenvalue weighted by molar-refractivity contribution is 7.06. The van der Waals surface area contributed by atoms with Gasteiger partial charge in [-0.1, -0.05) is 0 Å². The lowest BCUT2D eigenvalue weighted by Crippen LogP contribution is -2.27. The lowest BCUT2D eigenvalue weighted by molar-refractivity contribution is -0.105. The quantitative estimate of drug-likeness (QED) is 0.721. The number of hydrogen-bond donors (Lipinski definition) is 2. The van der Waals surface area contributed by atoms with Gasteiger partial charge in [0.05, 0.1) is 12.7 Å². The number of rotatable bonds is 4. The van der Waals surface area contributed by atoms with E-state index >= 15 is 0 Å². The number of amides is 1. The van der Waals surface area contributed by atoms with Gasteiger partial charge in [0.15, 0.2) is 0 Å². The van der Waals surface area contributed by atoms with Crippen molar-refractivity contribution in [1.82, 2.24) is 4.57 Å². The van der Waals surface area contributed by atoms with Gasteiger partial charge in [-0.3, -0.25) is 19.0 Å². The molecule has 18 heavy (non-hydrogen) atoms. The smallest absolute Gasteiger partial charge is 0.312 e. The molecule has 1 aromatic rings.